The maximum absolute atomic E-state index is 12.0. The Hall–Kier alpha value is -1.59. The van der Waals surface area contributed by atoms with E-state index in [2.05, 4.69) is 10.6 Å². The van der Waals surface area contributed by atoms with Gasteiger partial charge in [-0.15, -0.1) is 0 Å². The Balaban J connectivity index is 2.08. The number of amides is 2. The first kappa shape index (κ1) is 14.8. The van der Waals surface area contributed by atoms with Crippen molar-refractivity contribution >= 4 is 34.8 Å². The SMILES string of the molecule is CC(CCCN)C(=O)Nc1cc2c(cc1Cl)NC(=O)C2. The van der Waals surface area contributed by atoms with Gasteiger partial charge >= 0.3 is 0 Å². The van der Waals surface area contributed by atoms with Crippen LogP contribution in [0.1, 0.15) is 25.3 Å². The van der Waals surface area contributed by atoms with E-state index in [4.69, 9.17) is 17.3 Å². The minimum absolute atomic E-state index is 0.0594. The van der Waals surface area contributed by atoms with E-state index in [0.717, 1.165) is 18.4 Å². The predicted molar refractivity (Wildman–Crippen MR) is 79.9 cm³/mol. The Labute approximate surface area is 122 Å². The number of benzene rings is 1. The summed E-state index contributed by atoms with van der Waals surface area (Å²) in [6.07, 6.45) is 1.87. The first-order chi connectivity index (χ1) is 9.51. The van der Waals surface area contributed by atoms with Crippen LogP contribution in [0.3, 0.4) is 0 Å². The number of nitrogens with two attached hydrogens (primary N) is 1. The Kier molecular flexibility index (Phi) is 4.62. The van der Waals surface area contributed by atoms with Gasteiger partial charge in [-0.1, -0.05) is 18.5 Å². The number of nitrogens with one attached hydrogen (secondary N) is 2. The summed E-state index contributed by atoms with van der Waals surface area (Å²) in [6.45, 7) is 2.43. The number of rotatable bonds is 5. The quantitative estimate of drug-likeness (QED) is 0.778. The first-order valence-electron chi connectivity index (χ1n) is 6.64. The number of carbonyl (C=O) groups is 2. The van der Waals surface area contributed by atoms with Gasteiger partial charge in [0.15, 0.2) is 0 Å². The summed E-state index contributed by atoms with van der Waals surface area (Å²) < 4.78 is 0. The molecule has 0 fully saturated rings. The molecule has 0 bridgehead atoms. The van der Waals surface area contributed by atoms with E-state index >= 15 is 0 Å². The Morgan fingerprint density at radius 1 is 1.55 bits per heavy atom. The first-order valence-corrected chi connectivity index (χ1v) is 7.02. The number of fused-ring (bicyclic) bond motifs is 1. The minimum atomic E-state index is -0.123. The predicted octanol–water partition coefficient (Wildman–Crippen LogP) is 2.15. The molecule has 2 rings (SSSR count). The van der Waals surface area contributed by atoms with Crippen molar-refractivity contribution in [2.75, 3.05) is 17.2 Å². The second-order valence-corrected chi connectivity index (χ2v) is 5.44. The van der Waals surface area contributed by atoms with Crippen LogP contribution >= 0.6 is 11.6 Å². The molecule has 5 nitrogen and oxygen atoms in total. The highest BCUT2D eigenvalue weighted by atomic mass is 35.5. The second-order valence-electron chi connectivity index (χ2n) is 5.04. The lowest BCUT2D eigenvalue weighted by Gasteiger charge is -2.13. The number of carbonyl (C=O) groups excluding carboxylic acids is 2. The molecule has 1 aromatic rings. The normalized spacial score (nSPS) is 14.7. The zero-order valence-electron chi connectivity index (χ0n) is 11.3. The molecule has 0 spiro atoms. The zero-order valence-corrected chi connectivity index (χ0v) is 12.1. The van der Waals surface area contributed by atoms with Gasteiger partial charge in [-0.2, -0.15) is 0 Å². The molecule has 0 aromatic heterocycles. The van der Waals surface area contributed by atoms with Crippen LogP contribution in [0.4, 0.5) is 11.4 Å². The third kappa shape index (κ3) is 3.29. The molecule has 1 unspecified atom stereocenters. The molecule has 6 heteroatoms. The van der Waals surface area contributed by atoms with Gasteiger partial charge in [0, 0.05) is 11.6 Å². The molecule has 4 N–H and O–H groups in total. The van der Waals surface area contributed by atoms with Crippen molar-refractivity contribution in [3.63, 3.8) is 0 Å². The summed E-state index contributed by atoms with van der Waals surface area (Å²) in [5.74, 6) is -0.268. The monoisotopic (exact) mass is 295 g/mol. The summed E-state index contributed by atoms with van der Waals surface area (Å²) in [7, 11) is 0. The highest BCUT2D eigenvalue weighted by molar-refractivity contribution is 6.34. The van der Waals surface area contributed by atoms with E-state index in [1.807, 2.05) is 6.92 Å². The van der Waals surface area contributed by atoms with Crippen molar-refractivity contribution in [3.05, 3.63) is 22.7 Å². The fourth-order valence-electron chi connectivity index (χ4n) is 2.15. The number of anilines is 2. The maximum atomic E-state index is 12.0. The second kappa shape index (κ2) is 6.24. The molecule has 0 radical (unpaired) electrons. The number of hydrogen-bond acceptors (Lipinski definition) is 3. The van der Waals surface area contributed by atoms with Crippen molar-refractivity contribution in [2.45, 2.75) is 26.2 Å². The average Bonchev–Trinajstić information content (AvgIpc) is 2.75. The molecule has 1 aromatic carbocycles. The average molecular weight is 296 g/mol. The molecule has 0 aliphatic carbocycles. The van der Waals surface area contributed by atoms with Crippen LogP contribution in [0.2, 0.25) is 5.02 Å². The van der Waals surface area contributed by atoms with Crippen LogP contribution < -0.4 is 16.4 Å². The van der Waals surface area contributed by atoms with Crippen LogP contribution in [0.25, 0.3) is 0 Å². The van der Waals surface area contributed by atoms with Crippen molar-refractivity contribution in [3.8, 4) is 0 Å². The molecule has 20 heavy (non-hydrogen) atoms. The van der Waals surface area contributed by atoms with E-state index in [1.54, 1.807) is 12.1 Å². The smallest absolute Gasteiger partial charge is 0.228 e. The van der Waals surface area contributed by atoms with Gasteiger partial charge in [0.25, 0.3) is 0 Å². The number of hydrogen-bond donors (Lipinski definition) is 3. The summed E-state index contributed by atoms with van der Waals surface area (Å²) in [5.41, 5.74) is 7.55. The molecule has 0 saturated carbocycles. The summed E-state index contributed by atoms with van der Waals surface area (Å²) in [6, 6.07) is 3.42. The van der Waals surface area contributed by atoms with Crippen LogP contribution in [-0.2, 0) is 16.0 Å². The highest BCUT2D eigenvalue weighted by Crippen LogP contribution is 2.33. The minimum Gasteiger partial charge on any atom is -0.330 e. The van der Waals surface area contributed by atoms with E-state index in [-0.39, 0.29) is 17.7 Å². The number of halogens is 1. The Morgan fingerprint density at radius 3 is 3.00 bits per heavy atom. The highest BCUT2D eigenvalue weighted by Gasteiger charge is 2.21. The van der Waals surface area contributed by atoms with Gasteiger partial charge in [-0.25, -0.2) is 0 Å². The van der Waals surface area contributed by atoms with Gasteiger partial charge in [0.1, 0.15) is 0 Å². The summed E-state index contributed by atoms with van der Waals surface area (Å²) >= 11 is 6.12. The van der Waals surface area contributed by atoms with Crippen molar-refractivity contribution < 1.29 is 9.59 Å². The zero-order chi connectivity index (χ0) is 14.7. The summed E-state index contributed by atoms with van der Waals surface area (Å²) in [4.78, 5) is 23.4. The lowest BCUT2D eigenvalue weighted by Crippen LogP contribution is -2.21. The van der Waals surface area contributed by atoms with Gasteiger partial charge in [-0.05, 0) is 37.1 Å². The van der Waals surface area contributed by atoms with Gasteiger partial charge in [0.05, 0.1) is 17.1 Å². The van der Waals surface area contributed by atoms with Crippen LogP contribution in [-0.4, -0.2) is 18.4 Å². The molecule has 1 heterocycles. The third-order valence-electron chi connectivity index (χ3n) is 3.36. The molecule has 1 aliphatic rings. The van der Waals surface area contributed by atoms with Gasteiger partial charge in [0.2, 0.25) is 11.8 Å². The molecule has 1 aliphatic heterocycles. The summed E-state index contributed by atoms with van der Waals surface area (Å²) in [5, 5.41) is 5.95. The molecular weight excluding hydrogens is 278 g/mol. The van der Waals surface area contributed by atoms with Crippen molar-refractivity contribution in [2.24, 2.45) is 11.7 Å². The van der Waals surface area contributed by atoms with E-state index in [0.29, 0.717) is 29.4 Å². The molecular formula is C14H18ClN3O2. The Morgan fingerprint density at radius 2 is 2.30 bits per heavy atom. The molecule has 1 atom stereocenters. The van der Waals surface area contributed by atoms with Crippen LogP contribution in [0.5, 0.6) is 0 Å². The fraction of sp³-hybridized carbons (Fsp3) is 0.429. The topological polar surface area (TPSA) is 84.2 Å². The van der Waals surface area contributed by atoms with Crippen molar-refractivity contribution in [1.29, 1.82) is 0 Å². The van der Waals surface area contributed by atoms with Crippen molar-refractivity contribution in [1.82, 2.24) is 0 Å². The fourth-order valence-corrected chi connectivity index (χ4v) is 2.37. The van der Waals surface area contributed by atoms with Gasteiger partial charge in [-0.3, -0.25) is 9.59 Å². The Bertz CT molecular complexity index is 545. The molecule has 108 valence electrons. The van der Waals surface area contributed by atoms with E-state index in [9.17, 15) is 9.59 Å². The largest absolute Gasteiger partial charge is 0.330 e. The third-order valence-corrected chi connectivity index (χ3v) is 3.68. The standard InChI is InChI=1S/C14H18ClN3O2/c1-8(3-2-4-16)14(20)18-12-5-9-6-13(19)17-11(9)7-10(12)15/h5,7-8H,2-4,6,16H2,1H3,(H,17,19)(H,18,20). The maximum Gasteiger partial charge on any atom is 0.228 e. The van der Waals surface area contributed by atoms with Gasteiger partial charge < -0.3 is 16.4 Å². The molecule has 0 saturated heterocycles. The van der Waals surface area contributed by atoms with E-state index < -0.39 is 0 Å². The van der Waals surface area contributed by atoms with E-state index in [1.165, 1.54) is 0 Å². The van der Waals surface area contributed by atoms with Crippen LogP contribution in [0, 0.1) is 5.92 Å². The lowest BCUT2D eigenvalue weighted by atomic mass is 10.0. The molecule has 2 amide bonds. The lowest BCUT2D eigenvalue weighted by molar-refractivity contribution is -0.119. The van der Waals surface area contributed by atoms with Crippen LogP contribution in [0.15, 0.2) is 12.1 Å².